The average Bonchev–Trinajstić information content (AvgIpc) is 3.04. The maximum Gasteiger partial charge on any atom is 0.264 e. The van der Waals surface area contributed by atoms with Crippen LogP contribution in [-0.4, -0.2) is 53.8 Å². The van der Waals surface area contributed by atoms with E-state index < -0.39 is 22.5 Å². The van der Waals surface area contributed by atoms with Gasteiger partial charge in [0, 0.05) is 5.69 Å². The Morgan fingerprint density at radius 1 is 0.767 bits per heavy atom. The van der Waals surface area contributed by atoms with Gasteiger partial charge in [-0.3, -0.25) is 13.9 Å². The predicted molar refractivity (Wildman–Crippen MR) is 163 cm³/mol. The zero-order valence-corrected chi connectivity index (χ0v) is 24.3. The molecule has 12 heteroatoms. The van der Waals surface area contributed by atoms with Crippen LogP contribution in [0.25, 0.3) is 0 Å². The number of methoxy groups -OCH3 is 2. The summed E-state index contributed by atoms with van der Waals surface area (Å²) in [5.41, 5.74) is 3.92. The van der Waals surface area contributed by atoms with Crippen molar-refractivity contribution in [2.45, 2.75) is 4.90 Å². The maximum atomic E-state index is 13.4. The standard InChI is InChI=1S/C31H30N4O7S/c1-40-26-16-10-24(11-17-26)33-31(37)22-42-28-14-8-23(9-15-28)20-32-34-30(36)21-35(25-12-18-27(41-2)19-13-25)43(38,39)29-6-4-3-5-7-29/h3-20H,21-22H2,1-2H3,(H,33,37)(H,34,36)/b32-20-. The van der Waals surface area contributed by atoms with Crippen molar-refractivity contribution in [1.82, 2.24) is 5.43 Å². The molecular weight excluding hydrogens is 572 g/mol. The van der Waals surface area contributed by atoms with Crippen molar-refractivity contribution in [3.05, 3.63) is 109 Å². The number of carbonyl (C=O) groups is 2. The Balaban J connectivity index is 1.33. The molecule has 0 fully saturated rings. The number of amides is 2. The first-order chi connectivity index (χ1) is 20.8. The van der Waals surface area contributed by atoms with Crippen LogP contribution >= 0.6 is 0 Å². The molecule has 4 aromatic rings. The van der Waals surface area contributed by atoms with E-state index in [9.17, 15) is 18.0 Å². The highest BCUT2D eigenvalue weighted by Gasteiger charge is 2.27. The van der Waals surface area contributed by atoms with Crippen molar-refractivity contribution in [3.63, 3.8) is 0 Å². The Hall–Kier alpha value is -5.36. The Morgan fingerprint density at radius 2 is 1.35 bits per heavy atom. The number of carbonyl (C=O) groups excluding carboxylic acids is 2. The first-order valence-electron chi connectivity index (χ1n) is 13.0. The number of nitrogens with zero attached hydrogens (tertiary/aromatic N) is 2. The van der Waals surface area contributed by atoms with Crippen LogP contribution in [0, 0.1) is 0 Å². The molecule has 0 aliphatic carbocycles. The molecule has 0 spiro atoms. The van der Waals surface area contributed by atoms with E-state index in [1.165, 1.54) is 25.5 Å². The van der Waals surface area contributed by atoms with E-state index in [0.29, 0.717) is 28.5 Å². The van der Waals surface area contributed by atoms with Crippen LogP contribution in [0.3, 0.4) is 0 Å². The lowest BCUT2D eigenvalue weighted by molar-refractivity contribution is -0.119. The summed E-state index contributed by atoms with van der Waals surface area (Å²) < 4.78 is 43.6. The van der Waals surface area contributed by atoms with Gasteiger partial charge in [0.05, 0.1) is 31.0 Å². The molecule has 11 nitrogen and oxygen atoms in total. The first kappa shape index (κ1) is 30.6. The van der Waals surface area contributed by atoms with Gasteiger partial charge < -0.3 is 19.5 Å². The molecule has 0 heterocycles. The maximum absolute atomic E-state index is 13.4. The minimum absolute atomic E-state index is 0.0441. The second-order valence-electron chi connectivity index (χ2n) is 8.95. The molecule has 4 aromatic carbocycles. The molecule has 0 saturated heterocycles. The summed E-state index contributed by atoms with van der Waals surface area (Å²) in [6.45, 7) is -0.696. The van der Waals surface area contributed by atoms with Crippen molar-refractivity contribution in [2.75, 3.05) is 37.0 Å². The quantitative estimate of drug-likeness (QED) is 0.174. The minimum Gasteiger partial charge on any atom is -0.497 e. The van der Waals surface area contributed by atoms with Gasteiger partial charge in [-0.1, -0.05) is 18.2 Å². The van der Waals surface area contributed by atoms with E-state index in [2.05, 4.69) is 15.8 Å². The average molecular weight is 603 g/mol. The van der Waals surface area contributed by atoms with Crippen molar-refractivity contribution >= 4 is 39.4 Å². The van der Waals surface area contributed by atoms with Gasteiger partial charge in [-0.15, -0.1) is 0 Å². The molecule has 0 atom stereocenters. The van der Waals surface area contributed by atoms with Crippen LogP contribution in [0.15, 0.2) is 113 Å². The lowest BCUT2D eigenvalue weighted by Gasteiger charge is -2.23. The Kier molecular flexibility index (Phi) is 10.3. The van der Waals surface area contributed by atoms with E-state index in [0.717, 1.165) is 4.31 Å². The Labute approximate surface area is 249 Å². The van der Waals surface area contributed by atoms with E-state index >= 15 is 0 Å². The van der Waals surface area contributed by atoms with Crippen molar-refractivity contribution in [3.8, 4) is 17.2 Å². The summed E-state index contributed by atoms with van der Waals surface area (Å²) in [6.07, 6.45) is 1.40. The number of hydrogen-bond donors (Lipinski definition) is 2. The van der Waals surface area contributed by atoms with Crippen LogP contribution in [-0.2, 0) is 19.6 Å². The zero-order valence-electron chi connectivity index (χ0n) is 23.5. The van der Waals surface area contributed by atoms with Crippen molar-refractivity contribution in [2.24, 2.45) is 5.10 Å². The fourth-order valence-electron chi connectivity index (χ4n) is 3.80. The number of benzene rings is 4. The van der Waals surface area contributed by atoms with Crippen LogP contribution in [0.5, 0.6) is 17.2 Å². The number of sulfonamides is 1. The van der Waals surface area contributed by atoms with E-state index in [1.54, 1.807) is 98.1 Å². The van der Waals surface area contributed by atoms with Gasteiger partial charge in [0.2, 0.25) is 0 Å². The number of rotatable bonds is 13. The molecule has 0 unspecified atom stereocenters. The molecule has 0 bridgehead atoms. The molecule has 0 aliphatic rings. The highest BCUT2D eigenvalue weighted by molar-refractivity contribution is 7.92. The summed E-state index contributed by atoms with van der Waals surface area (Å²) in [5.74, 6) is 0.727. The summed E-state index contributed by atoms with van der Waals surface area (Å²) in [6, 6.07) is 27.8. The summed E-state index contributed by atoms with van der Waals surface area (Å²) in [5, 5.41) is 6.69. The molecular formula is C31H30N4O7S. The number of ether oxygens (including phenoxy) is 3. The van der Waals surface area contributed by atoms with Crippen LogP contribution < -0.4 is 29.3 Å². The van der Waals surface area contributed by atoms with Crippen LogP contribution in [0.1, 0.15) is 5.56 Å². The fourth-order valence-corrected chi connectivity index (χ4v) is 5.24. The molecule has 222 valence electrons. The second kappa shape index (κ2) is 14.5. The minimum atomic E-state index is -4.05. The number of hydrazone groups is 1. The van der Waals surface area contributed by atoms with Gasteiger partial charge >= 0.3 is 0 Å². The molecule has 2 amide bonds. The lowest BCUT2D eigenvalue weighted by atomic mass is 10.2. The number of anilines is 2. The monoisotopic (exact) mass is 602 g/mol. The van der Waals surface area contributed by atoms with E-state index in [4.69, 9.17) is 14.2 Å². The third-order valence-corrected chi connectivity index (χ3v) is 7.79. The predicted octanol–water partition coefficient (Wildman–Crippen LogP) is 4.07. The molecule has 0 radical (unpaired) electrons. The van der Waals surface area contributed by atoms with Crippen molar-refractivity contribution in [1.29, 1.82) is 0 Å². The second-order valence-corrected chi connectivity index (χ2v) is 10.8. The zero-order chi connectivity index (χ0) is 30.7. The van der Waals surface area contributed by atoms with E-state index in [1.807, 2.05) is 0 Å². The number of nitrogens with one attached hydrogen (secondary N) is 2. The normalized spacial score (nSPS) is 11.0. The molecule has 4 rings (SSSR count). The Bertz CT molecular complexity index is 1640. The molecule has 43 heavy (non-hydrogen) atoms. The smallest absolute Gasteiger partial charge is 0.264 e. The van der Waals surface area contributed by atoms with Gasteiger partial charge in [0.1, 0.15) is 23.8 Å². The topological polar surface area (TPSA) is 136 Å². The lowest BCUT2D eigenvalue weighted by Crippen LogP contribution is -2.39. The van der Waals surface area contributed by atoms with Gasteiger partial charge in [0.15, 0.2) is 6.61 Å². The van der Waals surface area contributed by atoms with E-state index in [-0.39, 0.29) is 23.1 Å². The SMILES string of the molecule is COc1ccc(NC(=O)COc2ccc(/C=N\NC(=O)CN(c3ccc(OC)cc3)S(=O)(=O)c3ccccc3)cc2)cc1. The Morgan fingerprint density at radius 3 is 1.95 bits per heavy atom. The highest BCUT2D eigenvalue weighted by Crippen LogP contribution is 2.25. The van der Waals surface area contributed by atoms with Gasteiger partial charge in [-0.25, -0.2) is 13.8 Å². The summed E-state index contributed by atoms with van der Waals surface area (Å²) in [7, 11) is -0.983. The number of hydrogen-bond acceptors (Lipinski definition) is 8. The third-order valence-electron chi connectivity index (χ3n) is 6.01. The van der Waals surface area contributed by atoms with Crippen molar-refractivity contribution < 1.29 is 32.2 Å². The summed E-state index contributed by atoms with van der Waals surface area (Å²) >= 11 is 0. The molecule has 0 aromatic heterocycles. The summed E-state index contributed by atoms with van der Waals surface area (Å²) in [4.78, 5) is 25.0. The van der Waals surface area contributed by atoms with Gasteiger partial charge in [0.25, 0.3) is 21.8 Å². The molecule has 0 aliphatic heterocycles. The fraction of sp³-hybridized carbons (Fsp3) is 0.129. The molecule has 0 saturated carbocycles. The largest absolute Gasteiger partial charge is 0.497 e. The highest BCUT2D eigenvalue weighted by atomic mass is 32.2. The van der Waals surface area contributed by atoms with Gasteiger partial charge in [-0.2, -0.15) is 5.10 Å². The third kappa shape index (κ3) is 8.57. The molecule has 2 N–H and O–H groups in total. The van der Waals surface area contributed by atoms with Crippen LogP contribution in [0.2, 0.25) is 0 Å². The van der Waals surface area contributed by atoms with Gasteiger partial charge in [-0.05, 0) is 90.5 Å². The van der Waals surface area contributed by atoms with Crippen LogP contribution in [0.4, 0.5) is 11.4 Å². The first-order valence-corrected chi connectivity index (χ1v) is 14.4.